The summed E-state index contributed by atoms with van der Waals surface area (Å²) in [6, 6.07) is 1.23. The number of esters is 1. The van der Waals surface area contributed by atoms with Gasteiger partial charge in [-0.1, -0.05) is 6.92 Å². The summed E-state index contributed by atoms with van der Waals surface area (Å²) in [5.74, 6) is -2.01. The van der Waals surface area contributed by atoms with Gasteiger partial charge in [0.05, 0.1) is 7.11 Å². The molecule has 0 aliphatic rings. The van der Waals surface area contributed by atoms with E-state index in [1.165, 1.54) is 11.4 Å². The van der Waals surface area contributed by atoms with Crippen LogP contribution in [0.4, 0.5) is 0 Å². The van der Waals surface area contributed by atoms with E-state index in [0.29, 0.717) is 6.42 Å². The molecule has 9 heteroatoms. The normalized spacial score (nSPS) is 11.6. The number of rotatable bonds is 7. The highest BCUT2D eigenvalue weighted by atomic mass is 32.2. The van der Waals surface area contributed by atoms with E-state index in [4.69, 9.17) is 5.11 Å². The summed E-state index contributed by atoms with van der Waals surface area (Å²) >= 11 is 0.823. The molecule has 0 aromatic carbocycles. The Morgan fingerprint density at radius 2 is 2.10 bits per heavy atom. The van der Waals surface area contributed by atoms with Crippen LogP contribution >= 0.6 is 11.3 Å². The summed E-state index contributed by atoms with van der Waals surface area (Å²) in [5.41, 5.74) is 0. The van der Waals surface area contributed by atoms with Gasteiger partial charge in [-0.3, -0.25) is 4.79 Å². The third kappa shape index (κ3) is 3.56. The highest BCUT2D eigenvalue weighted by Gasteiger charge is 2.31. The smallest absolute Gasteiger partial charge is 0.347 e. The molecule has 0 bridgehead atoms. The highest BCUT2D eigenvalue weighted by molar-refractivity contribution is 7.89. The van der Waals surface area contributed by atoms with E-state index in [0.717, 1.165) is 22.8 Å². The first-order valence-electron chi connectivity index (χ1n) is 5.72. The number of hydrogen-bond acceptors (Lipinski definition) is 6. The summed E-state index contributed by atoms with van der Waals surface area (Å²) in [7, 11) is -2.88. The van der Waals surface area contributed by atoms with E-state index in [2.05, 4.69) is 4.74 Å². The van der Waals surface area contributed by atoms with Crippen LogP contribution in [0.25, 0.3) is 0 Å². The lowest BCUT2D eigenvalue weighted by atomic mass is 10.5. The van der Waals surface area contributed by atoms with Crippen LogP contribution in [0.3, 0.4) is 0 Å². The molecule has 1 aromatic heterocycles. The van der Waals surface area contributed by atoms with Crippen LogP contribution in [0.2, 0.25) is 0 Å². The average Bonchev–Trinajstić information content (AvgIpc) is 2.88. The van der Waals surface area contributed by atoms with Gasteiger partial charge in [0.25, 0.3) is 0 Å². The van der Waals surface area contributed by atoms with Crippen molar-refractivity contribution in [2.75, 3.05) is 20.2 Å². The molecule has 0 unspecified atom stereocenters. The molecular weight excluding hydrogens is 306 g/mol. The van der Waals surface area contributed by atoms with Crippen LogP contribution in [-0.4, -0.2) is 50.0 Å². The Morgan fingerprint density at radius 3 is 2.60 bits per heavy atom. The fraction of sp³-hybridized carbons (Fsp3) is 0.455. The SMILES string of the molecule is CCCN(CC(=O)OC)S(=O)(=O)c1ccsc1C(=O)O. The number of methoxy groups -OCH3 is 1. The Balaban J connectivity index is 3.19. The van der Waals surface area contributed by atoms with E-state index in [9.17, 15) is 18.0 Å². The van der Waals surface area contributed by atoms with Crippen LogP contribution in [0.1, 0.15) is 23.0 Å². The first kappa shape index (κ1) is 16.6. The van der Waals surface area contributed by atoms with Crippen molar-refractivity contribution in [2.24, 2.45) is 0 Å². The maximum absolute atomic E-state index is 12.4. The maximum Gasteiger partial charge on any atom is 0.347 e. The van der Waals surface area contributed by atoms with Crippen molar-refractivity contribution in [1.82, 2.24) is 4.31 Å². The number of carbonyl (C=O) groups excluding carboxylic acids is 1. The Bertz CT molecular complexity index is 592. The zero-order chi connectivity index (χ0) is 15.3. The van der Waals surface area contributed by atoms with Gasteiger partial charge in [0, 0.05) is 6.54 Å². The van der Waals surface area contributed by atoms with Gasteiger partial charge in [-0.25, -0.2) is 13.2 Å². The van der Waals surface area contributed by atoms with E-state index in [1.807, 2.05) is 0 Å². The number of nitrogens with zero attached hydrogens (tertiary/aromatic N) is 1. The first-order valence-corrected chi connectivity index (χ1v) is 8.04. The molecule has 1 N–H and O–H groups in total. The zero-order valence-electron chi connectivity index (χ0n) is 11.0. The minimum absolute atomic E-state index is 0.104. The second kappa shape index (κ2) is 6.82. The molecule has 0 saturated heterocycles. The predicted molar refractivity (Wildman–Crippen MR) is 72.3 cm³/mol. The third-order valence-electron chi connectivity index (χ3n) is 2.45. The molecule has 1 aromatic rings. The fourth-order valence-electron chi connectivity index (χ4n) is 1.54. The molecule has 0 spiro atoms. The monoisotopic (exact) mass is 321 g/mol. The molecule has 112 valence electrons. The summed E-state index contributed by atoms with van der Waals surface area (Å²) < 4.78 is 30.2. The summed E-state index contributed by atoms with van der Waals surface area (Å²) in [5, 5.41) is 10.4. The number of hydrogen-bond donors (Lipinski definition) is 1. The minimum atomic E-state index is -4.04. The van der Waals surface area contributed by atoms with Crippen molar-refractivity contribution in [2.45, 2.75) is 18.2 Å². The van der Waals surface area contributed by atoms with Gasteiger partial charge in [0.1, 0.15) is 16.3 Å². The number of aromatic carboxylic acids is 1. The molecule has 0 aliphatic heterocycles. The molecule has 0 aliphatic carbocycles. The number of ether oxygens (including phenoxy) is 1. The van der Waals surface area contributed by atoms with Gasteiger partial charge in [0.2, 0.25) is 10.0 Å². The van der Waals surface area contributed by atoms with Crippen LogP contribution < -0.4 is 0 Å². The molecule has 0 fully saturated rings. The number of carbonyl (C=O) groups is 2. The lowest BCUT2D eigenvalue weighted by Crippen LogP contribution is -2.37. The molecule has 20 heavy (non-hydrogen) atoms. The topological polar surface area (TPSA) is 101 Å². The van der Waals surface area contributed by atoms with E-state index in [-0.39, 0.29) is 16.3 Å². The molecular formula is C11H15NO6S2. The molecule has 1 heterocycles. The fourth-order valence-corrected chi connectivity index (χ4v) is 4.25. The van der Waals surface area contributed by atoms with Crippen LogP contribution in [0, 0.1) is 0 Å². The molecule has 0 amide bonds. The van der Waals surface area contributed by atoms with E-state index in [1.54, 1.807) is 6.92 Å². The minimum Gasteiger partial charge on any atom is -0.477 e. The molecule has 1 rings (SSSR count). The predicted octanol–water partition coefficient (Wildman–Crippen LogP) is 1.02. The average molecular weight is 321 g/mol. The third-order valence-corrected chi connectivity index (χ3v) is 5.37. The summed E-state index contributed by atoms with van der Waals surface area (Å²) in [4.78, 5) is 21.7. The lowest BCUT2D eigenvalue weighted by Gasteiger charge is -2.20. The quantitative estimate of drug-likeness (QED) is 0.752. The second-order valence-electron chi connectivity index (χ2n) is 3.83. The molecule has 0 atom stereocenters. The lowest BCUT2D eigenvalue weighted by molar-refractivity contribution is -0.140. The van der Waals surface area contributed by atoms with Crippen molar-refractivity contribution >= 4 is 33.3 Å². The standard InChI is InChI=1S/C11H15NO6S2/c1-3-5-12(7-9(13)18-2)20(16,17)8-4-6-19-10(8)11(14)15/h4,6H,3,5,7H2,1-2H3,(H,14,15). The molecule has 0 radical (unpaired) electrons. The Kier molecular flexibility index (Phi) is 5.66. The van der Waals surface area contributed by atoms with Crippen LogP contribution in [-0.2, 0) is 19.6 Å². The number of sulfonamides is 1. The Labute approximate surface area is 120 Å². The van der Waals surface area contributed by atoms with Crippen LogP contribution in [0.15, 0.2) is 16.3 Å². The number of carboxylic acids is 1. The molecule has 7 nitrogen and oxygen atoms in total. The highest BCUT2D eigenvalue weighted by Crippen LogP contribution is 2.25. The van der Waals surface area contributed by atoms with Gasteiger partial charge in [-0.15, -0.1) is 11.3 Å². The molecule has 0 saturated carbocycles. The number of thiophene rings is 1. The van der Waals surface area contributed by atoms with Gasteiger partial charge >= 0.3 is 11.9 Å². The van der Waals surface area contributed by atoms with Gasteiger partial charge < -0.3 is 9.84 Å². The zero-order valence-corrected chi connectivity index (χ0v) is 12.7. The Hall–Kier alpha value is -1.45. The maximum atomic E-state index is 12.4. The van der Waals surface area contributed by atoms with Crippen molar-refractivity contribution in [3.63, 3.8) is 0 Å². The van der Waals surface area contributed by atoms with Gasteiger partial charge in [-0.05, 0) is 17.9 Å². The largest absolute Gasteiger partial charge is 0.477 e. The Morgan fingerprint density at radius 1 is 1.45 bits per heavy atom. The number of carboxylic acid groups (broad SMARTS) is 1. The first-order chi connectivity index (χ1) is 9.34. The summed E-state index contributed by atoms with van der Waals surface area (Å²) in [6.45, 7) is 1.42. The van der Waals surface area contributed by atoms with Crippen LogP contribution in [0.5, 0.6) is 0 Å². The summed E-state index contributed by atoms with van der Waals surface area (Å²) in [6.07, 6.45) is 0.489. The van der Waals surface area contributed by atoms with Gasteiger partial charge in [-0.2, -0.15) is 4.31 Å². The van der Waals surface area contributed by atoms with Gasteiger partial charge in [0.15, 0.2) is 0 Å². The van der Waals surface area contributed by atoms with E-state index < -0.39 is 28.5 Å². The van der Waals surface area contributed by atoms with Crippen molar-refractivity contribution in [1.29, 1.82) is 0 Å². The van der Waals surface area contributed by atoms with Crippen molar-refractivity contribution < 1.29 is 27.9 Å². The van der Waals surface area contributed by atoms with Crippen molar-refractivity contribution in [3.05, 3.63) is 16.3 Å². The second-order valence-corrected chi connectivity index (χ2v) is 6.66. The van der Waals surface area contributed by atoms with Crippen molar-refractivity contribution in [3.8, 4) is 0 Å². The van der Waals surface area contributed by atoms with E-state index >= 15 is 0 Å².